The van der Waals surface area contributed by atoms with Crippen molar-refractivity contribution in [2.45, 2.75) is 24.7 Å². The van der Waals surface area contributed by atoms with Gasteiger partial charge in [0.15, 0.2) is 0 Å². The van der Waals surface area contributed by atoms with Gasteiger partial charge in [-0.2, -0.15) is 0 Å². The lowest BCUT2D eigenvalue weighted by Gasteiger charge is -2.12. The van der Waals surface area contributed by atoms with Crippen molar-refractivity contribution in [2.75, 3.05) is 32.1 Å². The quantitative estimate of drug-likeness (QED) is 0.526. The van der Waals surface area contributed by atoms with E-state index in [9.17, 15) is 13.2 Å². The third-order valence-corrected chi connectivity index (χ3v) is 5.54. The second-order valence-corrected chi connectivity index (χ2v) is 8.07. The molecule has 0 aliphatic rings. The van der Waals surface area contributed by atoms with E-state index in [4.69, 9.17) is 4.74 Å². The Balaban J connectivity index is 1.86. The van der Waals surface area contributed by atoms with Gasteiger partial charge in [0.1, 0.15) is 0 Å². The Hall–Kier alpha value is -2.38. The number of esters is 1. The van der Waals surface area contributed by atoms with Crippen LogP contribution in [-0.4, -0.2) is 41.6 Å². The number of sulfonamides is 1. The van der Waals surface area contributed by atoms with Crippen LogP contribution in [0, 0.1) is 0 Å². The molecule has 0 aliphatic heterocycles. The number of ether oxygens (including phenoxy) is 1. The number of anilines is 1. The molecule has 0 radical (unpaired) electrons. The lowest BCUT2D eigenvalue weighted by Crippen LogP contribution is -2.25. The molecule has 0 aliphatic carbocycles. The molecule has 0 atom stereocenters. The summed E-state index contributed by atoms with van der Waals surface area (Å²) in [4.78, 5) is 13.8. The number of nitrogens with one attached hydrogen (secondary N) is 1. The van der Waals surface area contributed by atoms with Gasteiger partial charge in [-0.3, -0.25) is 0 Å². The van der Waals surface area contributed by atoms with Gasteiger partial charge >= 0.3 is 5.97 Å². The Morgan fingerprint density at radius 1 is 1.04 bits per heavy atom. The van der Waals surface area contributed by atoms with Crippen molar-refractivity contribution in [1.29, 1.82) is 0 Å². The first-order valence-electron chi connectivity index (χ1n) is 8.86. The summed E-state index contributed by atoms with van der Waals surface area (Å²) in [5.74, 6) is -0.463. The number of rotatable bonds is 9. The highest BCUT2D eigenvalue weighted by Gasteiger charge is 2.14. The molecular formula is C20H26N2O4S. The summed E-state index contributed by atoms with van der Waals surface area (Å²) in [6.45, 7) is 2.34. The Labute approximate surface area is 161 Å². The van der Waals surface area contributed by atoms with Crippen LogP contribution in [0.5, 0.6) is 0 Å². The lowest BCUT2D eigenvalue weighted by molar-refractivity contribution is 0.0526. The highest BCUT2D eigenvalue weighted by Crippen LogP contribution is 2.14. The Kier molecular flexibility index (Phi) is 7.38. The Morgan fingerprint density at radius 2 is 1.67 bits per heavy atom. The number of carbonyl (C=O) groups is 1. The largest absolute Gasteiger partial charge is 0.462 e. The minimum absolute atomic E-state index is 0.130. The van der Waals surface area contributed by atoms with Crippen molar-refractivity contribution in [3.8, 4) is 0 Å². The fraction of sp³-hybridized carbons (Fsp3) is 0.350. The molecule has 0 saturated carbocycles. The van der Waals surface area contributed by atoms with E-state index in [-0.39, 0.29) is 11.5 Å². The van der Waals surface area contributed by atoms with E-state index in [1.165, 1.54) is 29.8 Å². The van der Waals surface area contributed by atoms with Crippen molar-refractivity contribution in [1.82, 2.24) is 4.72 Å². The summed E-state index contributed by atoms with van der Waals surface area (Å²) < 4.78 is 32.2. The molecule has 6 nitrogen and oxygen atoms in total. The zero-order valence-electron chi connectivity index (χ0n) is 15.9. The maximum Gasteiger partial charge on any atom is 0.338 e. The van der Waals surface area contributed by atoms with E-state index in [1.807, 2.05) is 31.1 Å². The van der Waals surface area contributed by atoms with Gasteiger partial charge in [-0.15, -0.1) is 0 Å². The van der Waals surface area contributed by atoms with Crippen LogP contribution in [0.3, 0.4) is 0 Å². The molecule has 0 unspecified atom stereocenters. The summed E-state index contributed by atoms with van der Waals surface area (Å²) >= 11 is 0. The molecule has 0 aromatic heterocycles. The molecule has 0 fully saturated rings. The molecule has 27 heavy (non-hydrogen) atoms. The van der Waals surface area contributed by atoms with Gasteiger partial charge in [0.25, 0.3) is 0 Å². The predicted octanol–water partition coefficient (Wildman–Crippen LogP) is 2.84. The van der Waals surface area contributed by atoms with Crippen LogP contribution in [0.15, 0.2) is 53.4 Å². The molecule has 0 bridgehead atoms. The minimum Gasteiger partial charge on any atom is -0.462 e. The number of nitrogens with zero attached hydrogens (tertiary/aromatic N) is 1. The highest BCUT2D eigenvalue weighted by atomic mass is 32.2. The van der Waals surface area contributed by atoms with E-state index in [2.05, 4.69) is 16.9 Å². The zero-order valence-corrected chi connectivity index (χ0v) is 16.8. The third kappa shape index (κ3) is 6.08. The van der Waals surface area contributed by atoms with E-state index >= 15 is 0 Å². The van der Waals surface area contributed by atoms with E-state index in [0.29, 0.717) is 18.5 Å². The second kappa shape index (κ2) is 9.53. The SMILES string of the molecule is CCOC(=O)c1ccc(S(=O)(=O)NCCCc2ccc(N(C)C)cc2)cc1. The molecule has 1 N–H and O–H groups in total. The fourth-order valence-corrected chi connectivity index (χ4v) is 3.60. The zero-order chi connectivity index (χ0) is 19.9. The van der Waals surface area contributed by atoms with Crippen LogP contribution >= 0.6 is 0 Å². The van der Waals surface area contributed by atoms with Gasteiger partial charge in [0, 0.05) is 26.3 Å². The van der Waals surface area contributed by atoms with Crippen LogP contribution < -0.4 is 9.62 Å². The molecule has 0 heterocycles. The van der Waals surface area contributed by atoms with Crippen LogP contribution in [0.1, 0.15) is 29.3 Å². The van der Waals surface area contributed by atoms with Crippen molar-refractivity contribution < 1.29 is 17.9 Å². The van der Waals surface area contributed by atoms with Gasteiger partial charge in [0.2, 0.25) is 10.0 Å². The van der Waals surface area contributed by atoms with E-state index in [0.717, 1.165) is 12.1 Å². The Morgan fingerprint density at radius 3 is 2.22 bits per heavy atom. The average molecular weight is 391 g/mol. The molecule has 2 aromatic rings. The molecule has 0 amide bonds. The van der Waals surface area contributed by atoms with Gasteiger partial charge in [-0.1, -0.05) is 12.1 Å². The first kappa shape index (κ1) is 20.9. The minimum atomic E-state index is -3.60. The summed E-state index contributed by atoms with van der Waals surface area (Å²) in [7, 11) is 0.382. The molecular weight excluding hydrogens is 364 g/mol. The van der Waals surface area contributed by atoms with Gasteiger partial charge in [-0.05, 0) is 61.7 Å². The first-order valence-corrected chi connectivity index (χ1v) is 10.3. The van der Waals surface area contributed by atoms with Crippen molar-refractivity contribution in [2.24, 2.45) is 0 Å². The van der Waals surface area contributed by atoms with Gasteiger partial charge in [-0.25, -0.2) is 17.9 Å². The van der Waals surface area contributed by atoms with E-state index in [1.54, 1.807) is 6.92 Å². The van der Waals surface area contributed by atoms with E-state index < -0.39 is 16.0 Å². The average Bonchev–Trinajstić information content (AvgIpc) is 2.66. The second-order valence-electron chi connectivity index (χ2n) is 6.31. The van der Waals surface area contributed by atoms with Crippen LogP contribution in [0.4, 0.5) is 5.69 Å². The fourth-order valence-electron chi connectivity index (χ4n) is 2.53. The topological polar surface area (TPSA) is 75.7 Å². The molecule has 146 valence electrons. The summed E-state index contributed by atoms with van der Waals surface area (Å²) in [5.41, 5.74) is 2.63. The summed E-state index contributed by atoms with van der Waals surface area (Å²) in [5, 5.41) is 0. The van der Waals surface area contributed by atoms with Gasteiger partial charge in [0.05, 0.1) is 17.1 Å². The predicted molar refractivity (Wildman–Crippen MR) is 107 cm³/mol. The monoisotopic (exact) mass is 390 g/mol. The van der Waals surface area contributed by atoms with Crippen molar-refractivity contribution in [3.63, 3.8) is 0 Å². The highest BCUT2D eigenvalue weighted by molar-refractivity contribution is 7.89. The molecule has 7 heteroatoms. The standard InChI is InChI=1S/C20H26N2O4S/c1-4-26-20(23)17-9-13-19(14-10-17)27(24,25)21-15-5-6-16-7-11-18(12-8-16)22(2)3/h7-14,21H,4-6,15H2,1-3H3. The van der Waals surface area contributed by atoms with Gasteiger partial charge < -0.3 is 9.64 Å². The van der Waals surface area contributed by atoms with Crippen molar-refractivity contribution >= 4 is 21.7 Å². The maximum absolute atomic E-state index is 12.3. The van der Waals surface area contributed by atoms with Crippen LogP contribution in [0.2, 0.25) is 0 Å². The normalized spacial score (nSPS) is 11.2. The molecule has 2 rings (SSSR count). The first-order chi connectivity index (χ1) is 12.8. The van der Waals surface area contributed by atoms with Crippen LogP contribution in [-0.2, 0) is 21.2 Å². The molecule has 0 saturated heterocycles. The third-order valence-electron chi connectivity index (χ3n) is 4.06. The Bertz CT molecular complexity index is 845. The molecule has 2 aromatic carbocycles. The number of benzene rings is 2. The summed E-state index contributed by atoms with van der Waals surface area (Å²) in [6.07, 6.45) is 1.49. The maximum atomic E-state index is 12.3. The smallest absolute Gasteiger partial charge is 0.338 e. The molecule has 0 spiro atoms. The van der Waals surface area contributed by atoms with Crippen molar-refractivity contribution in [3.05, 3.63) is 59.7 Å². The number of aryl methyl sites for hydroxylation is 1. The lowest BCUT2D eigenvalue weighted by atomic mass is 10.1. The number of carbonyl (C=O) groups excluding carboxylic acids is 1. The van der Waals surface area contributed by atoms with Crippen LogP contribution in [0.25, 0.3) is 0 Å². The number of hydrogen-bond donors (Lipinski definition) is 1. The number of hydrogen-bond acceptors (Lipinski definition) is 5. The summed E-state index contributed by atoms with van der Waals surface area (Å²) in [6, 6.07) is 13.9.